The Hall–Kier alpha value is -1.07. The Morgan fingerprint density at radius 2 is 2.10 bits per heavy atom. The first kappa shape index (κ1) is 15.3. The number of hydrogen-bond donors (Lipinski definition) is 1. The molecule has 1 aliphatic heterocycles. The predicted octanol–water partition coefficient (Wildman–Crippen LogP) is 3.11. The average molecular weight is 341 g/mol. The highest BCUT2D eigenvalue weighted by Crippen LogP contribution is 2.29. The lowest BCUT2D eigenvalue weighted by molar-refractivity contribution is 0.0290. The Labute approximate surface area is 128 Å². The first-order valence-electron chi connectivity index (χ1n) is 6.75. The van der Waals surface area contributed by atoms with Crippen molar-refractivity contribution in [3.8, 4) is 0 Å². The van der Waals surface area contributed by atoms with E-state index < -0.39 is 5.60 Å². The first-order chi connectivity index (χ1) is 9.26. The molecule has 2 unspecified atom stereocenters. The normalized spacial score (nSPS) is 22.9. The highest BCUT2D eigenvalue weighted by atomic mass is 79.9. The van der Waals surface area contributed by atoms with Crippen molar-refractivity contribution in [2.24, 2.45) is 5.73 Å². The van der Waals surface area contributed by atoms with E-state index in [1.807, 2.05) is 39.0 Å². The smallest absolute Gasteiger partial charge is 0.410 e. The van der Waals surface area contributed by atoms with Crippen molar-refractivity contribution in [3.63, 3.8) is 0 Å². The second-order valence-corrected chi connectivity index (χ2v) is 7.13. The molecule has 5 heteroatoms. The Morgan fingerprint density at radius 3 is 2.70 bits per heavy atom. The fourth-order valence-corrected chi connectivity index (χ4v) is 2.81. The molecule has 1 heterocycles. The summed E-state index contributed by atoms with van der Waals surface area (Å²) in [4.78, 5) is 13.8. The number of nitrogens with zero attached hydrogens (tertiary/aromatic N) is 1. The summed E-state index contributed by atoms with van der Waals surface area (Å²) in [5, 5.41) is 0. The number of carbonyl (C=O) groups is 1. The van der Waals surface area contributed by atoms with Crippen LogP contribution in [0.5, 0.6) is 0 Å². The van der Waals surface area contributed by atoms with Crippen LogP contribution in [0.1, 0.15) is 32.3 Å². The minimum absolute atomic E-state index is 0.0585. The summed E-state index contributed by atoms with van der Waals surface area (Å²) in [5.74, 6) is 0.153. The van der Waals surface area contributed by atoms with Gasteiger partial charge in [-0.15, -0.1) is 0 Å². The second-order valence-electron chi connectivity index (χ2n) is 6.21. The van der Waals surface area contributed by atoms with Crippen LogP contribution >= 0.6 is 15.9 Å². The third kappa shape index (κ3) is 3.73. The molecule has 20 heavy (non-hydrogen) atoms. The lowest BCUT2D eigenvalue weighted by Gasteiger charge is -2.24. The molecule has 1 aromatic carbocycles. The van der Waals surface area contributed by atoms with Gasteiger partial charge in [-0.25, -0.2) is 4.79 Å². The molecule has 1 aliphatic rings. The van der Waals surface area contributed by atoms with Crippen molar-refractivity contribution in [2.75, 3.05) is 13.1 Å². The van der Waals surface area contributed by atoms with E-state index in [0.29, 0.717) is 13.1 Å². The number of benzene rings is 1. The van der Waals surface area contributed by atoms with Crippen LogP contribution < -0.4 is 5.73 Å². The first-order valence-corrected chi connectivity index (χ1v) is 7.54. The average Bonchev–Trinajstić information content (AvgIpc) is 2.69. The molecule has 1 amide bonds. The van der Waals surface area contributed by atoms with Crippen molar-refractivity contribution in [1.82, 2.24) is 4.90 Å². The van der Waals surface area contributed by atoms with Crippen molar-refractivity contribution in [2.45, 2.75) is 38.3 Å². The van der Waals surface area contributed by atoms with E-state index in [-0.39, 0.29) is 18.1 Å². The van der Waals surface area contributed by atoms with Gasteiger partial charge in [0.1, 0.15) is 5.60 Å². The minimum Gasteiger partial charge on any atom is -0.444 e. The molecule has 0 bridgehead atoms. The summed E-state index contributed by atoms with van der Waals surface area (Å²) < 4.78 is 6.43. The Bertz CT molecular complexity index is 499. The summed E-state index contributed by atoms with van der Waals surface area (Å²) in [6.45, 7) is 6.74. The number of halogens is 1. The molecular weight excluding hydrogens is 320 g/mol. The van der Waals surface area contributed by atoms with Gasteiger partial charge < -0.3 is 15.4 Å². The van der Waals surface area contributed by atoms with E-state index >= 15 is 0 Å². The summed E-state index contributed by atoms with van der Waals surface area (Å²) >= 11 is 3.47. The van der Waals surface area contributed by atoms with E-state index in [2.05, 4.69) is 22.0 Å². The van der Waals surface area contributed by atoms with Gasteiger partial charge in [-0.1, -0.05) is 28.1 Å². The molecule has 1 fully saturated rings. The monoisotopic (exact) mass is 340 g/mol. The summed E-state index contributed by atoms with van der Waals surface area (Å²) in [7, 11) is 0. The molecule has 0 spiro atoms. The highest BCUT2D eigenvalue weighted by molar-refractivity contribution is 9.10. The Kier molecular flexibility index (Phi) is 4.39. The zero-order chi connectivity index (χ0) is 14.9. The van der Waals surface area contributed by atoms with Gasteiger partial charge in [0.25, 0.3) is 0 Å². The topological polar surface area (TPSA) is 55.6 Å². The maximum absolute atomic E-state index is 12.1. The van der Waals surface area contributed by atoms with Crippen LogP contribution in [-0.2, 0) is 4.74 Å². The molecule has 2 atom stereocenters. The van der Waals surface area contributed by atoms with Gasteiger partial charge in [0, 0.05) is 29.5 Å². The lowest BCUT2D eigenvalue weighted by atomic mass is 9.95. The van der Waals surface area contributed by atoms with Crippen LogP contribution in [0.3, 0.4) is 0 Å². The number of rotatable bonds is 1. The quantitative estimate of drug-likeness (QED) is 0.854. The third-order valence-electron chi connectivity index (χ3n) is 3.29. The second kappa shape index (κ2) is 5.74. The van der Waals surface area contributed by atoms with Crippen LogP contribution in [-0.4, -0.2) is 35.7 Å². The van der Waals surface area contributed by atoms with Gasteiger partial charge in [-0.05, 0) is 38.5 Å². The molecule has 0 aromatic heterocycles. The Balaban J connectivity index is 2.07. The van der Waals surface area contributed by atoms with Gasteiger partial charge in [0.15, 0.2) is 0 Å². The van der Waals surface area contributed by atoms with Crippen molar-refractivity contribution >= 4 is 22.0 Å². The molecule has 0 saturated carbocycles. The summed E-state index contributed by atoms with van der Waals surface area (Å²) in [6.07, 6.45) is -0.287. The molecule has 0 aliphatic carbocycles. The third-order valence-corrected chi connectivity index (χ3v) is 3.79. The lowest BCUT2D eigenvalue weighted by Crippen LogP contribution is -2.36. The zero-order valence-corrected chi connectivity index (χ0v) is 13.7. The summed E-state index contributed by atoms with van der Waals surface area (Å²) in [6, 6.07) is 8.02. The van der Waals surface area contributed by atoms with E-state index in [1.165, 1.54) is 0 Å². The van der Waals surface area contributed by atoms with Crippen LogP contribution in [0.2, 0.25) is 0 Å². The standard InChI is InChI=1S/C15H21BrN2O2/c1-15(2,3)20-14(19)18-8-12(13(17)9-18)10-5-4-6-11(16)7-10/h4-7,12-13H,8-9,17H2,1-3H3. The van der Waals surface area contributed by atoms with Crippen LogP contribution in [0.25, 0.3) is 0 Å². The number of carbonyl (C=O) groups excluding carboxylic acids is 1. The van der Waals surface area contributed by atoms with Crippen LogP contribution in [0.4, 0.5) is 4.79 Å². The minimum atomic E-state index is -0.477. The number of hydrogen-bond acceptors (Lipinski definition) is 3. The van der Waals surface area contributed by atoms with Crippen molar-refractivity contribution in [3.05, 3.63) is 34.3 Å². The maximum Gasteiger partial charge on any atom is 0.410 e. The van der Waals surface area contributed by atoms with E-state index in [1.54, 1.807) is 4.90 Å². The maximum atomic E-state index is 12.1. The molecular formula is C15H21BrN2O2. The molecule has 1 aromatic rings. The SMILES string of the molecule is CC(C)(C)OC(=O)N1CC(N)C(c2cccc(Br)c2)C1. The molecule has 110 valence electrons. The highest BCUT2D eigenvalue weighted by Gasteiger charge is 2.35. The molecule has 2 N–H and O–H groups in total. The summed E-state index contributed by atoms with van der Waals surface area (Å²) in [5.41, 5.74) is 6.86. The molecule has 2 rings (SSSR count). The van der Waals surface area contributed by atoms with Crippen molar-refractivity contribution < 1.29 is 9.53 Å². The van der Waals surface area contributed by atoms with Gasteiger partial charge >= 0.3 is 6.09 Å². The van der Waals surface area contributed by atoms with E-state index in [0.717, 1.165) is 10.0 Å². The molecule has 4 nitrogen and oxygen atoms in total. The largest absolute Gasteiger partial charge is 0.444 e. The van der Waals surface area contributed by atoms with Gasteiger partial charge in [-0.3, -0.25) is 0 Å². The van der Waals surface area contributed by atoms with Crippen LogP contribution in [0, 0.1) is 0 Å². The number of likely N-dealkylation sites (tertiary alicyclic amines) is 1. The van der Waals surface area contributed by atoms with Gasteiger partial charge in [-0.2, -0.15) is 0 Å². The van der Waals surface area contributed by atoms with E-state index in [4.69, 9.17) is 10.5 Å². The predicted molar refractivity (Wildman–Crippen MR) is 82.7 cm³/mol. The fourth-order valence-electron chi connectivity index (χ4n) is 2.39. The number of nitrogens with two attached hydrogens (primary N) is 1. The molecule has 1 saturated heterocycles. The zero-order valence-electron chi connectivity index (χ0n) is 12.1. The fraction of sp³-hybridized carbons (Fsp3) is 0.533. The Morgan fingerprint density at radius 1 is 1.40 bits per heavy atom. The number of ether oxygens (including phenoxy) is 1. The van der Waals surface area contributed by atoms with Gasteiger partial charge in [0.2, 0.25) is 0 Å². The van der Waals surface area contributed by atoms with Crippen molar-refractivity contribution in [1.29, 1.82) is 0 Å². The van der Waals surface area contributed by atoms with Gasteiger partial charge in [0.05, 0.1) is 0 Å². The number of amides is 1. The molecule has 0 radical (unpaired) electrons. The van der Waals surface area contributed by atoms with Crippen LogP contribution in [0.15, 0.2) is 28.7 Å². The van der Waals surface area contributed by atoms with E-state index in [9.17, 15) is 4.79 Å².